The van der Waals surface area contributed by atoms with Crippen LogP contribution in [0.15, 0.2) is 0 Å². The molecule has 0 unspecified atom stereocenters. The maximum absolute atomic E-state index is 10.5. The van der Waals surface area contributed by atoms with E-state index in [2.05, 4.69) is 0 Å². The number of Topliss-reactive ketones (excluding diaryl/α,β-unsaturated/α-hetero) is 1. The average molecular weight is 150 g/mol. The topological polar surface area (TPSA) is 98.0 Å². The summed E-state index contributed by atoms with van der Waals surface area (Å²) in [5, 5.41) is 33.8. The third-order valence-electron chi connectivity index (χ3n) is 1.19. The Kier molecular flexibility index (Phi) is 3.45. The molecule has 5 heteroatoms. The van der Waals surface area contributed by atoms with E-state index in [9.17, 15) is 4.79 Å². The highest BCUT2D eigenvalue weighted by Crippen LogP contribution is 2.02. The molecule has 0 amide bonds. The van der Waals surface area contributed by atoms with Gasteiger partial charge in [-0.15, -0.1) is 0 Å². The summed E-state index contributed by atoms with van der Waals surface area (Å²) >= 11 is 0. The van der Waals surface area contributed by atoms with Crippen molar-refractivity contribution in [3.63, 3.8) is 0 Å². The van der Waals surface area contributed by atoms with Gasteiger partial charge in [-0.2, -0.15) is 0 Å². The first-order chi connectivity index (χ1) is 4.60. The SMILES string of the molecule is O=C(CO)C(O)(CO)CO. The molecule has 0 rings (SSSR count). The predicted octanol–water partition coefficient (Wildman–Crippen LogP) is -2.74. The van der Waals surface area contributed by atoms with Gasteiger partial charge in [0.15, 0.2) is 11.4 Å². The van der Waals surface area contributed by atoms with Gasteiger partial charge >= 0.3 is 0 Å². The van der Waals surface area contributed by atoms with Gasteiger partial charge in [0.05, 0.1) is 13.2 Å². The Labute approximate surface area is 57.5 Å². The van der Waals surface area contributed by atoms with Gasteiger partial charge in [0.25, 0.3) is 0 Å². The molecule has 4 N–H and O–H groups in total. The number of carbonyl (C=O) groups is 1. The molecule has 0 fully saturated rings. The van der Waals surface area contributed by atoms with Crippen LogP contribution >= 0.6 is 0 Å². The lowest BCUT2D eigenvalue weighted by molar-refractivity contribution is -0.149. The first-order valence-electron chi connectivity index (χ1n) is 2.69. The highest BCUT2D eigenvalue weighted by molar-refractivity contribution is 5.88. The van der Waals surface area contributed by atoms with Crippen LogP contribution in [-0.2, 0) is 4.79 Å². The Morgan fingerprint density at radius 1 is 1.20 bits per heavy atom. The molecule has 0 saturated carbocycles. The molecule has 10 heavy (non-hydrogen) atoms. The standard InChI is InChI=1S/C5H10O5/c6-1-4(9)5(10,2-7)3-8/h6-8,10H,1-3H2. The van der Waals surface area contributed by atoms with Crippen molar-refractivity contribution in [2.45, 2.75) is 5.60 Å². The number of ketones is 1. The molecule has 0 aliphatic carbocycles. The number of hydrogen-bond acceptors (Lipinski definition) is 5. The summed E-state index contributed by atoms with van der Waals surface area (Å²) in [5.74, 6) is -0.988. The van der Waals surface area contributed by atoms with E-state index in [-0.39, 0.29) is 0 Å². The molecule has 0 aliphatic rings. The molecule has 60 valence electrons. The number of hydrogen-bond donors (Lipinski definition) is 4. The van der Waals surface area contributed by atoms with Crippen molar-refractivity contribution in [3.8, 4) is 0 Å². The Bertz CT molecular complexity index is 117. The Morgan fingerprint density at radius 3 is 1.70 bits per heavy atom. The zero-order valence-electron chi connectivity index (χ0n) is 5.32. The smallest absolute Gasteiger partial charge is 0.194 e. The Morgan fingerprint density at radius 2 is 1.60 bits per heavy atom. The van der Waals surface area contributed by atoms with Crippen molar-refractivity contribution in [1.29, 1.82) is 0 Å². The second-order valence-electron chi connectivity index (χ2n) is 1.93. The summed E-state index contributed by atoms with van der Waals surface area (Å²) in [7, 11) is 0. The number of aliphatic hydroxyl groups is 4. The third kappa shape index (κ3) is 1.74. The summed E-state index contributed by atoms with van der Waals surface area (Å²) in [6, 6.07) is 0. The van der Waals surface area contributed by atoms with E-state index in [1.54, 1.807) is 0 Å². The highest BCUT2D eigenvalue weighted by atomic mass is 16.4. The highest BCUT2D eigenvalue weighted by Gasteiger charge is 2.33. The van der Waals surface area contributed by atoms with Gasteiger partial charge in [0.2, 0.25) is 0 Å². The minimum absolute atomic E-state index is 0.886. The Hall–Kier alpha value is -0.490. The fourth-order valence-electron chi connectivity index (χ4n) is 0.374. The molecule has 0 heterocycles. The van der Waals surface area contributed by atoms with E-state index >= 15 is 0 Å². The van der Waals surface area contributed by atoms with Crippen LogP contribution in [0.4, 0.5) is 0 Å². The van der Waals surface area contributed by atoms with Crippen molar-refractivity contribution >= 4 is 5.78 Å². The van der Waals surface area contributed by atoms with E-state index in [0.717, 1.165) is 0 Å². The van der Waals surface area contributed by atoms with Gasteiger partial charge in [0, 0.05) is 0 Å². The molecule has 0 aliphatic heterocycles. The van der Waals surface area contributed by atoms with Crippen LogP contribution in [0.2, 0.25) is 0 Å². The zero-order chi connectivity index (χ0) is 8.20. The van der Waals surface area contributed by atoms with Crippen LogP contribution in [0.1, 0.15) is 0 Å². The molecule has 0 aromatic carbocycles. The molecular formula is C5H10O5. The van der Waals surface area contributed by atoms with E-state index in [1.165, 1.54) is 0 Å². The normalized spacial score (nSPS) is 11.6. The zero-order valence-corrected chi connectivity index (χ0v) is 5.32. The summed E-state index contributed by atoms with van der Waals surface area (Å²) in [6.07, 6.45) is 0. The van der Waals surface area contributed by atoms with Crippen LogP contribution in [0.25, 0.3) is 0 Å². The van der Waals surface area contributed by atoms with Crippen molar-refractivity contribution in [3.05, 3.63) is 0 Å². The molecule has 0 aromatic rings. The van der Waals surface area contributed by atoms with Gasteiger partial charge in [0.1, 0.15) is 6.61 Å². The van der Waals surface area contributed by atoms with Gasteiger partial charge in [-0.1, -0.05) is 0 Å². The first kappa shape index (κ1) is 9.51. The van der Waals surface area contributed by atoms with Crippen LogP contribution in [0.3, 0.4) is 0 Å². The molecule has 0 aromatic heterocycles. The second kappa shape index (κ2) is 3.62. The summed E-state index contributed by atoms with van der Waals surface area (Å²) in [6.45, 7) is -2.66. The molecule has 0 atom stereocenters. The number of aliphatic hydroxyl groups excluding tert-OH is 3. The van der Waals surface area contributed by atoms with E-state index in [0.29, 0.717) is 0 Å². The van der Waals surface area contributed by atoms with Gasteiger partial charge in [-0.25, -0.2) is 0 Å². The predicted molar refractivity (Wildman–Crippen MR) is 31.2 cm³/mol. The third-order valence-corrected chi connectivity index (χ3v) is 1.19. The minimum atomic E-state index is -2.19. The van der Waals surface area contributed by atoms with Crippen LogP contribution in [0.5, 0.6) is 0 Å². The van der Waals surface area contributed by atoms with E-state index in [1.807, 2.05) is 0 Å². The van der Waals surface area contributed by atoms with Crippen molar-refractivity contribution < 1.29 is 25.2 Å². The summed E-state index contributed by atoms with van der Waals surface area (Å²) in [5.41, 5.74) is -2.19. The lowest BCUT2D eigenvalue weighted by Gasteiger charge is -2.19. The van der Waals surface area contributed by atoms with Gasteiger partial charge in [-0.05, 0) is 0 Å². The van der Waals surface area contributed by atoms with Gasteiger partial charge < -0.3 is 20.4 Å². The lowest BCUT2D eigenvalue weighted by atomic mass is 10.0. The monoisotopic (exact) mass is 150 g/mol. The number of carbonyl (C=O) groups excluding carboxylic acids is 1. The maximum atomic E-state index is 10.5. The quantitative estimate of drug-likeness (QED) is 0.348. The fourth-order valence-corrected chi connectivity index (χ4v) is 0.374. The van der Waals surface area contributed by atoms with Crippen LogP contribution in [0, 0.1) is 0 Å². The Balaban J connectivity index is 4.17. The van der Waals surface area contributed by atoms with E-state index < -0.39 is 31.2 Å². The molecule has 0 radical (unpaired) electrons. The largest absolute Gasteiger partial charge is 0.393 e. The molecular weight excluding hydrogens is 140 g/mol. The second-order valence-corrected chi connectivity index (χ2v) is 1.93. The molecule has 0 bridgehead atoms. The minimum Gasteiger partial charge on any atom is -0.393 e. The molecule has 0 saturated heterocycles. The van der Waals surface area contributed by atoms with Crippen molar-refractivity contribution in [1.82, 2.24) is 0 Å². The fraction of sp³-hybridized carbons (Fsp3) is 0.800. The molecule has 0 spiro atoms. The lowest BCUT2D eigenvalue weighted by Crippen LogP contribution is -2.47. The average Bonchev–Trinajstić information content (AvgIpc) is 2.01. The van der Waals surface area contributed by atoms with Crippen LogP contribution < -0.4 is 0 Å². The van der Waals surface area contributed by atoms with Crippen molar-refractivity contribution in [2.75, 3.05) is 19.8 Å². The number of rotatable bonds is 4. The molecule has 5 nitrogen and oxygen atoms in total. The first-order valence-corrected chi connectivity index (χ1v) is 2.69. The van der Waals surface area contributed by atoms with Gasteiger partial charge in [-0.3, -0.25) is 4.79 Å². The maximum Gasteiger partial charge on any atom is 0.194 e. The summed E-state index contributed by atoms with van der Waals surface area (Å²) < 4.78 is 0. The van der Waals surface area contributed by atoms with Crippen LogP contribution in [-0.4, -0.2) is 51.6 Å². The van der Waals surface area contributed by atoms with E-state index in [4.69, 9.17) is 20.4 Å². The summed E-state index contributed by atoms with van der Waals surface area (Å²) in [4.78, 5) is 10.5. The van der Waals surface area contributed by atoms with Crippen molar-refractivity contribution in [2.24, 2.45) is 0 Å².